The van der Waals surface area contributed by atoms with Crippen LogP contribution in [0.25, 0.3) is 10.1 Å². The van der Waals surface area contributed by atoms with Crippen LogP contribution in [0.3, 0.4) is 0 Å². The molecule has 6 heteroatoms. The van der Waals surface area contributed by atoms with Crippen molar-refractivity contribution in [1.82, 2.24) is 15.6 Å². The minimum Gasteiger partial charge on any atom is -0.397 e. The summed E-state index contributed by atoms with van der Waals surface area (Å²) in [5, 5.41) is 7.26. The van der Waals surface area contributed by atoms with Crippen molar-refractivity contribution in [2.75, 3.05) is 18.8 Å². The number of aromatic nitrogens is 1. The highest BCUT2D eigenvalue weighted by Crippen LogP contribution is 2.32. The first kappa shape index (κ1) is 12.4. The molecule has 2 aromatic heterocycles. The van der Waals surface area contributed by atoms with Crippen LogP contribution in [-0.2, 0) is 0 Å². The van der Waals surface area contributed by atoms with Gasteiger partial charge in [0.25, 0.3) is 5.91 Å². The fourth-order valence-corrected chi connectivity index (χ4v) is 3.35. The van der Waals surface area contributed by atoms with Crippen molar-refractivity contribution in [2.45, 2.75) is 18.9 Å². The van der Waals surface area contributed by atoms with Gasteiger partial charge >= 0.3 is 0 Å². The molecule has 0 saturated carbocycles. The second-order valence-corrected chi connectivity index (χ2v) is 5.77. The Kier molecular flexibility index (Phi) is 3.35. The third-order valence-corrected chi connectivity index (χ3v) is 4.57. The number of fused-ring (bicyclic) bond motifs is 1. The third kappa shape index (κ3) is 2.41. The van der Waals surface area contributed by atoms with Crippen LogP contribution in [-0.4, -0.2) is 30.0 Å². The third-order valence-electron chi connectivity index (χ3n) is 3.41. The number of hydrogen-bond acceptors (Lipinski definition) is 5. The van der Waals surface area contributed by atoms with Gasteiger partial charge in [-0.1, -0.05) is 0 Å². The van der Waals surface area contributed by atoms with Crippen LogP contribution < -0.4 is 16.4 Å². The predicted molar refractivity (Wildman–Crippen MR) is 77.4 cm³/mol. The lowest BCUT2D eigenvalue weighted by molar-refractivity contribution is 0.0934. The highest BCUT2D eigenvalue weighted by atomic mass is 32.1. The summed E-state index contributed by atoms with van der Waals surface area (Å²) in [5.74, 6) is -0.0643. The van der Waals surface area contributed by atoms with E-state index in [0.29, 0.717) is 10.6 Å². The lowest BCUT2D eigenvalue weighted by atomic mass is 10.1. The number of amides is 1. The predicted octanol–water partition coefficient (Wildman–Crippen LogP) is 1.36. The lowest BCUT2D eigenvalue weighted by Crippen LogP contribution is -2.42. The number of carbonyl (C=O) groups is 1. The molecular weight excluding hydrogens is 260 g/mol. The maximum Gasteiger partial charge on any atom is 0.263 e. The number of anilines is 1. The zero-order valence-electron chi connectivity index (χ0n) is 10.5. The number of nitrogen functional groups attached to an aromatic ring is 1. The molecule has 5 nitrogen and oxygen atoms in total. The Balaban J connectivity index is 1.83. The molecule has 0 radical (unpaired) electrons. The highest BCUT2D eigenvalue weighted by Gasteiger charge is 2.20. The normalized spacial score (nSPS) is 16.6. The molecule has 0 aliphatic carbocycles. The summed E-state index contributed by atoms with van der Waals surface area (Å²) in [7, 11) is 0. The Morgan fingerprint density at radius 3 is 3.00 bits per heavy atom. The number of rotatable bonds is 2. The van der Waals surface area contributed by atoms with Gasteiger partial charge in [0.2, 0.25) is 0 Å². The molecule has 0 unspecified atom stereocenters. The number of nitrogens with zero attached hydrogens (tertiary/aromatic N) is 1. The molecule has 2 aromatic rings. The van der Waals surface area contributed by atoms with Crippen LogP contribution in [0.15, 0.2) is 18.5 Å². The average Bonchev–Trinajstić information content (AvgIpc) is 2.78. The van der Waals surface area contributed by atoms with Crippen molar-refractivity contribution in [3.63, 3.8) is 0 Å². The van der Waals surface area contributed by atoms with Crippen molar-refractivity contribution in [3.05, 3.63) is 23.3 Å². The summed E-state index contributed by atoms with van der Waals surface area (Å²) >= 11 is 1.41. The molecule has 19 heavy (non-hydrogen) atoms. The zero-order valence-corrected chi connectivity index (χ0v) is 11.3. The van der Waals surface area contributed by atoms with Gasteiger partial charge in [0, 0.05) is 23.8 Å². The van der Waals surface area contributed by atoms with E-state index in [1.807, 2.05) is 6.07 Å². The molecule has 0 atom stereocenters. The Morgan fingerprint density at radius 1 is 1.47 bits per heavy atom. The van der Waals surface area contributed by atoms with E-state index in [2.05, 4.69) is 15.6 Å². The van der Waals surface area contributed by atoms with E-state index in [1.54, 1.807) is 12.4 Å². The van der Waals surface area contributed by atoms with Crippen molar-refractivity contribution >= 4 is 33.0 Å². The quantitative estimate of drug-likeness (QED) is 0.773. The standard InChI is InChI=1S/C13H16N4OS/c14-11-9-3-6-16-7-10(9)19-12(11)13(18)17-8-1-4-15-5-2-8/h3,6-8,15H,1-2,4-5,14H2,(H,17,18). The second-order valence-electron chi connectivity index (χ2n) is 4.71. The van der Waals surface area contributed by atoms with Crippen molar-refractivity contribution in [1.29, 1.82) is 0 Å². The van der Waals surface area contributed by atoms with E-state index in [1.165, 1.54) is 11.3 Å². The molecule has 3 heterocycles. The van der Waals surface area contributed by atoms with Crippen LogP contribution in [0.5, 0.6) is 0 Å². The molecule has 4 N–H and O–H groups in total. The van der Waals surface area contributed by atoms with E-state index in [-0.39, 0.29) is 11.9 Å². The van der Waals surface area contributed by atoms with Gasteiger partial charge in [-0.15, -0.1) is 11.3 Å². The first-order valence-electron chi connectivity index (χ1n) is 6.39. The van der Waals surface area contributed by atoms with Crippen molar-refractivity contribution in [3.8, 4) is 0 Å². The summed E-state index contributed by atoms with van der Waals surface area (Å²) < 4.78 is 0.954. The van der Waals surface area contributed by atoms with Gasteiger partial charge in [0.15, 0.2) is 0 Å². The summed E-state index contributed by atoms with van der Waals surface area (Å²) in [4.78, 5) is 16.9. The van der Waals surface area contributed by atoms with Gasteiger partial charge in [-0.3, -0.25) is 9.78 Å². The molecule has 1 amide bonds. The molecule has 0 aromatic carbocycles. The minimum atomic E-state index is -0.0643. The largest absolute Gasteiger partial charge is 0.397 e. The monoisotopic (exact) mass is 276 g/mol. The van der Waals surface area contributed by atoms with Gasteiger partial charge in [0.05, 0.1) is 10.4 Å². The van der Waals surface area contributed by atoms with Crippen LogP contribution in [0.2, 0.25) is 0 Å². The number of piperidine rings is 1. The Hall–Kier alpha value is -1.66. The molecule has 1 aliphatic heterocycles. The van der Waals surface area contributed by atoms with Crippen LogP contribution in [0.1, 0.15) is 22.5 Å². The Labute approximate surface area is 115 Å². The first-order valence-corrected chi connectivity index (χ1v) is 7.21. The van der Waals surface area contributed by atoms with Gasteiger partial charge < -0.3 is 16.4 Å². The topological polar surface area (TPSA) is 80.0 Å². The summed E-state index contributed by atoms with van der Waals surface area (Å²) in [6.45, 7) is 1.91. The molecule has 0 bridgehead atoms. The second kappa shape index (κ2) is 5.14. The molecule has 1 saturated heterocycles. The van der Waals surface area contributed by atoms with E-state index < -0.39 is 0 Å². The Bertz CT molecular complexity index is 604. The number of thiophene rings is 1. The van der Waals surface area contributed by atoms with Crippen molar-refractivity contribution < 1.29 is 4.79 Å². The summed E-state index contributed by atoms with van der Waals surface area (Å²) in [6, 6.07) is 2.10. The number of nitrogens with two attached hydrogens (primary N) is 1. The maximum absolute atomic E-state index is 12.3. The van der Waals surface area contributed by atoms with Crippen LogP contribution in [0.4, 0.5) is 5.69 Å². The zero-order chi connectivity index (χ0) is 13.2. The van der Waals surface area contributed by atoms with Crippen LogP contribution >= 0.6 is 11.3 Å². The maximum atomic E-state index is 12.3. The molecular formula is C13H16N4OS. The number of nitrogens with one attached hydrogen (secondary N) is 2. The van der Waals surface area contributed by atoms with Gasteiger partial charge in [0.1, 0.15) is 4.88 Å². The fourth-order valence-electron chi connectivity index (χ4n) is 2.36. The van der Waals surface area contributed by atoms with E-state index in [0.717, 1.165) is 36.0 Å². The molecule has 1 fully saturated rings. The molecule has 3 rings (SSSR count). The lowest BCUT2D eigenvalue weighted by Gasteiger charge is -2.23. The first-order chi connectivity index (χ1) is 9.25. The van der Waals surface area contributed by atoms with Gasteiger partial charge in [-0.2, -0.15) is 0 Å². The molecule has 0 spiro atoms. The smallest absolute Gasteiger partial charge is 0.263 e. The van der Waals surface area contributed by atoms with E-state index in [4.69, 9.17) is 5.73 Å². The molecule has 100 valence electrons. The van der Waals surface area contributed by atoms with E-state index in [9.17, 15) is 4.79 Å². The highest BCUT2D eigenvalue weighted by molar-refractivity contribution is 7.21. The fraction of sp³-hybridized carbons (Fsp3) is 0.385. The Morgan fingerprint density at radius 2 is 2.26 bits per heavy atom. The SMILES string of the molecule is Nc1c(C(=O)NC2CCNCC2)sc2cnccc12. The number of hydrogen-bond donors (Lipinski definition) is 3. The molecule has 1 aliphatic rings. The number of carbonyl (C=O) groups excluding carboxylic acids is 1. The van der Waals surface area contributed by atoms with Gasteiger partial charge in [-0.05, 0) is 32.0 Å². The van der Waals surface area contributed by atoms with E-state index >= 15 is 0 Å². The summed E-state index contributed by atoms with van der Waals surface area (Å²) in [6.07, 6.45) is 5.38. The average molecular weight is 276 g/mol. The number of pyridine rings is 1. The minimum absolute atomic E-state index is 0.0643. The summed E-state index contributed by atoms with van der Waals surface area (Å²) in [5.41, 5.74) is 6.62. The van der Waals surface area contributed by atoms with Gasteiger partial charge in [-0.25, -0.2) is 0 Å². The van der Waals surface area contributed by atoms with Crippen molar-refractivity contribution in [2.24, 2.45) is 0 Å². The van der Waals surface area contributed by atoms with Crippen LogP contribution in [0, 0.1) is 0 Å².